The quantitative estimate of drug-likeness (QED) is 0.831. The van der Waals surface area contributed by atoms with Crippen molar-refractivity contribution in [1.29, 1.82) is 0 Å². The van der Waals surface area contributed by atoms with Gasteiger partial charge in [-0.25, -0.2) is 4.79 Å². The number of benzene rings is 1. The van der Waals surface area contributed by atoms with E-state index in [0.717, 1.165) is 23.2 Å². The fourth-order valence-corrected chi connectivity index (χ4v) is 1.62. The molecule has 4 heteroatoms. The van der Waals surface area contributed by atoms with Crippen LogP contribution in [0.4, 0.5) is 10.5 Å². The predicted molar refractivity (Wildman–Crippen MR) is 79.6 cm³/mol. The molecule has 0 saturated heterocycles. The van der Waals surface area contributed by atoms with E-state index in [2.05, 4.69) is 17.2 Å². The minimum atomic E-state index is -0.442. The average molecular weight is 275 g/mol. The summed E-state index contributed by atoms with van der Waals surface area (Å²) in [5, 5.41) is 11.4. The third kappa shape index (κ3) is 5.33. The van der Waals surface area contributed by atoms with Crippen LogP contribution < -0.4 is 5.32 Å². The van der Waals surface area contributed by atoms with E-state index in [0.29, 0.717) is 12.5 Å². The van der Waals surface area contributed by atoms with Gasteiger partial charge in [0, 0.05) is 11.3 Å². The highest BCUT2D eigenvalue weighted by Crippen LogP contribution is 2.18. The zero-order valence-electron chi connectivity index (χ0n) is 12.2. The van der Waals surface area contributed by atoms with Gasteiger partial charge in [-0.05, 0) is 36.1 Å². The van der Waals surface area contributed by atoms with E-state index >= 15 is 0 Å². The molecule has 0 aliphatic heterocycles. The number of carbonyl (C=O) groups is 1. The van der Waals surface area contributed by atoms with Crippen LogP contribution in [-0.4, -0.2) is 24.4 Å². The van der Waals surface area contributed by atoms with Crippen LogP contribution in [0.25, 0.3) is 0 Å². The van der Waals surface area contributed by atoms with Gasteiger partial charge in [0.05, 0.1) is 6.61 Å². The Labute approximate surface area is 120 Å². The summed E-state index contributed by atoms with van der Waals surface area (Å²) >= 11 is 0. The summed E-state index contributed by atoms with van der Waals surface area (Å²) < 4.78 is 5.09. The van der Waals surface area contributed by atoms with Gasteiger partial charge < -0.3 is 9.84 Å². The summed E-state index contributed by atoms with van der Waals surface area (Å²) in [6.07, 6.45) is 0.330. The fourth-order valence-electron chi connectivity index (χ4n) is 1.62. The minimum Gasteiger partial charge on any atom is -0.449 e. The largest absolute Gasteiger partial charge is 0.449 e. The van der Waals surface area contributed by atoms with E-state index in [1.807, 2.05) is 26.8 Å². The first-order valence-corrected chi connectivity index (χ1v) is 6.73. The van der Waals surface area contributed by atoms with E-state index < -0.39 is 6.09 Å². The van der Waals surface area contributed by atoms with Crippen LogP contribution >= 0.6 is 0 Å². The normalized spacial score (nSPS) is 9.85. The van der Waals surface area contributed by atoms with Crippen LogP contribution in [-0.2, 0) is 11.2 Å². The van der Waals surface area contributed by atoms with Gasteiger partial charge in [-0.2, -0.15) is 0 Å². The number of aliphatic hydroxyl groups excluding tert-OH is 1. The standard InChI is InChI=1S/C16H21NO3/c1-4-14-10-13(6-5-9-18)7-8-15(14)17-16(19)20-11-12(2)3/h7-8,10,12,18H,4,9,11H2,1-3H3,(H,17,19). The lowest BCUT2D eigenvalue weighted by Crippen LogP contribution is -2.17. The van der Waals surface area contributed by atoms with Crippen molar-refractivity contribution in [3.05, 3.63) is 29.3 Å². The molecule has 20 heavy (non-hydrogen) atoms. The first kappa shape index (κ1) is 16.1. The van der Waals surface area contributed by atoms with Crippen LogP contribution in [0.15, 0.2) is 18.2 Å². The van der Waals surface area contributed by atoms with E-state index in [1.54, 1.807) is 12.1 Å². The second kappa shape index (κ2) is 8.23. The summed E-state index contributed by atoms with van der Waals surface area (Å²) in [6, 6.07) is 5.51. The van der Waals surface area contributed by atoms with Crippen LogP contribution in [0.2, 0.25) is 0 Å². The second-order valence-corrected chi connectivity index (χ2v) is 4.80. The Kier molecular flexibility index (Phi) is 6.61. The molecule has 2 N–H and O–H groups in total. The highest BCUT2D eigenvalue weighted by atomic mass is 16.5. The molecule has 0 radical (unpaired) electrons. The zero-order chi connectivity index (χ0) is 15.0. The fraction of sp³-hybridized carbons (Fsp3) is 0.438. The van der Waals surface area contributed by atoms with E-state index in [9.17, 15) is 4.79 Å². The number of anilines is 1. The number of ether oxygens (including phenoxy) is 1. The van der Waals surface area contributed by atoms with Crippen molar-refractivity contribution in [1.82, 2.24) is 0 Å². The molecule has 1 rings (SSSR count). The Bertz CT molecular complexity index is 512. The molecule has 0 unspecified atom stereocenters. The lowest BCUT2D eigenvalue weighted by Gasteiger charge is -2.12. The molecule has 0 atom stereocenters. The van der Waals surface area contributed by atoms with Crippen molar-refractivity contribution in [2.75, 3.05) is 18.5 Å². The van der Waals surface area contributed by atoms with Crippen molar-refractivity contribution in [2.24, 2.45) is 5.92 Å². The molecule has 0 aliphatic carbocycles. The molecule has 4 nitrogen and oxygen atoms in total. The first-order valence-electron chi connectivity index (χ1n) is 6.73. The Morgan fingerprint density at radius 3 is 2.80 bits per heavy atom. The summed E-state index contributed by atoms with van der Waals surface area (Å²) in [7, 11) is 0. The molecule has 0 heterocycles. The molecule has 0 bridgehead atoms. The third-order valence-corrected chi connectivity index (χ3v) is 2.58. The van der Waals surface area contributed by atoms with Crippen LogP contribution in [0, 0.1) is 17.8 Å². The molecule has 0 fully saturated rings. The van der Waals surface area contributed by atoms with Crippen LogP contribution in [0.1, 0.15) is 31.9 Å². The van der Waals surface area contributed by atoms with Crippen molar-refractivity contribution >= 4 is 11.8 Å². The molecular formula is C16H21NO3. The lowest BCUT2D eigenvalue weighted by atomic mass is 10.1. The predicted octanol–water partition coefficient (Wildman–Crippen LogP) is 2.80. The molecule has 0 aromatic heterocycles. The van der Waals surface area contributed by atoms with Gasteiger partial charge in [-0.1, -0.05) is 32.6 Å². The first-order chi connectivity index (χ1) is 9.56. The number of hydrogen-bond donors (Lipinski definition) is 2. The molecule has 1 aromatic carbocycles. The number of amides is 1. The molecular weight excluding hydrogens is 254 g/mol. The molecule has 0 saturated carbocycles. The van der Waals surface area contributed by atoms with E-state index in [4.69, 9.17) is 9.84 Å². The van der Waals surface area contributed by atoms with Crippen LogP contribution in [0.3, 0.4) is 0 Å². The lowest BCUT2D eigenvalue weighted by molar-refractivity contribution is 0.147. The summed E-state index contributed by atoms with van der Waals surface area (Å²) in [5.74, 6) is 5.76. The average Bonchev–Trinajstić information content (AvgIpc) is 2.44. The van der Waals surface area contributed by atoms with Crippen molar-refractivity contribution in [3.63, 3.8) is 0 Å². The molecule has 0 aliphatic rings. The van der Waals surface area contributed by atoms with Crippen LogP contribution in [0.5, 0.6) is 0 Å². The van der Waals surface area contributed by atoms with Crippen molar-refractivity contribution < 1.29 is 14.6 Å². The Morgan fingerprint density at radius 2 is 2.20 bits per heavy atom. The highest BCUT2D eigenvalue weighted by Gasteiger charge is 2.08. The summed E-state index contributed by atoms with van der Waals surface area (Å²) in [5.41, 5.74) is 2.53. The molecule has 0 spiro atoms. The van der Waals surface area contributed by atoms with E-state index in [-0.39, 0.29) is 6.61 Å². The topological polar surface area (TPSA) is 58.6 Å². The summed E-state index contributed by atoms with van der Waals surface area (Å²) in [6.45, 7) is 6.21. The zero-order valence-corrected chi connectivity index (χ0v) is 12.2. The number of nitrogens with one attached hydrogen (secondary N) is 1. The van der Waals surface area contributed by atoms with Gasteiger partial charge in [-0.15, -0.1) is 0 Å². The number of aryl methyl sites for hydroxylation is 1. The smallest absolute Gasteiger partial charge is 0.411 e. The SMILES string of the molecule is CCc1cc(C#CCO)ccc1NC(=O)OCC(C)C. The molecule has 1 aromatic rings. The maximum absolute atomic E-state index is 11.6. The maximum atomic E-state index is 11.6. The number of hydrogen-bond acceptors (Lipinski definition) is 3. The Hall–Kier alpha value is -1.99. The minimum absolute atomic E-state index is 0.164. The monoisotopic (exact) mass is 275 g/mol. The van der Waals surface area contributed by atoms with Gasteiger partial charge >= 0.3 is 6.09 Å². The van der Waals surface area contributed by atoms with Gasteiger partial charge in [0.2, 0.25) is 0 Å². The third-order valence-electron chi connectivity index (χ3n) is 2.58. The van der Waals surface area contributed by atoms with Gasteiger partial charge in [-0.3, -0.25) is 5.32 Å². The maximum Gasteiger partial charge on any atom is 0.411 e. The Morgan fingerprint density at radius 1 is 1.45 bits per heavy atom. The number of aliphatic hydroxyl groups is 1. The number of rotatable bonds is 4. The van der Waals surface area contributed by atoms with E-state index in [1.165, 1.54) is 0 Å². The second-order valence-electron chi connectivity index (χ2n) is 4.80. The summed E-state index contributed by atoms with van der Waals surface area (Å²) in [4.78, 5) is 11.6. The van der Waals surface area contributed by atoms with Crippen molar-refractivity contribution in [3.8, 4) is 11.8 Å². The Balaban J connectivity index is 2.77. The molecule has 1 amide bonds. The van der Waals surface area contributed by atoms with Gasteiger partial charge in [0.15, 0.2) is 0 Å². The van der Waals surface area contributed by atoms with Crippen molar-refractivity contribution in [2.45, 2.75) is 27.2 Å². The van der Waals surface area contributed by atoms with Gasteiger partial charge in [0.25, 0.3) is 0 Å². The molecule has 108 valence electrons. The number of carbonyl (C=O) groups excluding carboxylic acids is 1. The highest BCUT2D eigenvalue weighted by molar-refractivity contribution is 5.85. The van der Waals surface area contributed by atoms with Gasteiger partial charge in [0.1, 0.15) is 6.61 Å².